The van der Waals surface area contributed by atoms with Crippen LogP contribution in [-0.4, -0.2) is 18.8 Å². The van der Waals surface area contributed by atoms with Crippen molar-refractivity contribution in [1.82, 2.24) is 0 Å². The highest BCUT2D eigenvalue weighted by Gasteiger charge is 2.02. The summed E-state index contributed by atoms with van der Waals surface area (Å²) in [4.78, 5) is 0. The summed E-state index contributed by atoms with van der Waals surface area (Å²) >= 11 is 0. The summed E-state index contributed by atoms with van der Waals surface area (Å²) < 4.78 is 10.6. The van der Waals surface area contributed by atoms with Gasteiger partial charge in [0.15, 0.2) is 0 Å². The van der Waals surface area contributed by atoms with Crippen LogP contribution in [0.5, 0.6) is 11.5 Å². The second-order valence-corrected chi connectivity index (χ2v) is 3.33. The number of hydrogen-bond donors (Lipinski definition) is 1. The van der Waals surface area contributed by atoms with Gasteiger partial charge in [-0.3, -0.25) is 0 Å². The molecule has 0 amide bonds. The van der Waals surface area contributed by atoms with Gasteiger partial charge in [0.1, 0.15) is 18.1 Å². The van der Waals surface area contributed by atoms with Crippen molar-refractivity contribution in [2.24, 2.45) is 0 Å². The van der Waals surface area contributed by atoms with Crippen molar-refractivity contribution < 1.29 is 14.6 Å². The highest BCUT2D eigenvalue weighted by Crippen LogP contribution is 2.23. The minimum Gasteiger partial charge on any atom is -0.497 e. The molecule has 0 aliphatic carbocycles. The predicted octanol–water partition coefficient (Wildman–Crippen LogP) is 2.31. The molecule has 0 aromatic heterocycles. The lowest BCUT2D eigenvalue weighted by Gasteiger charge is -2.09. The summed E-state index contributed by atoms with van der Waals surface area (Å²) in [5.74, 6) is 1.30. The van der Waals surface area contributed by atoms with E-state index in [1.54, 1.807) is 31.4 Å². The van der Waals surface area contributed by atoms with Crippen LogP contribution >= 0.6 is 0 Å². The molecule has 0 spiro atoms. The highest BCUT2D eigenvalue weighted by atomic mass is 16.5. The lowest BCUT2D eigenvalue weighted by atomic mass is 10.2. The molecule has 3 heteroatoms. The van der Waals surface area contributed by atoms with E-state index in [9.17, 15) is 0 Å². The minimum atomic E-state index is -0.0457. The first-order valence-corrected chi connectivity index (χ1v) is 4.91. The third kappa shape index (κ3) is 3.44. The summed E-state index contributed by atoms with van der Waals surface area (Å²) in [6, 6.07) is 5.28. The number of rotatable bonds is 6. The van der Waals surface area contributed by atoms with Gasteiger partial charge in [-0.25, -0.2) is 0 Å². The molecule has 0 saturated carbocycles. The lowest BCUT2D eigenvalue weighted by Crippen LogP contribution is -1.99. The van der Waals surface area contributed by atoms with Gasteiger partial charge < -0.3 is 14.6 Å². The molecule has 0 unspecified atom stereocenters. The Morgan fingerprint density at radius 1 is 1.38 bits per heavy atom. The lowest BCUT2D eigenvalue weighted by molar-refractivity contribution is 0.279. The molecule has 0 bridgehead atoms. The molecule has 0 aliphatic heterocycles. The zero-order valence-corrected chi connectivity index (χ0v) is 9.40. The van der Waals surface area contributed by atoms with Gasteiger partial charge in [-0.05, 0) is 23.3 Å². The molecule has 0 aliphatic rings. The van der Waals surface area contributed by atoms with Crippen molar-refractivity contribution in [3.63, 3.8) is 0 Å². The van der Waals surface area contributed by atoms with Crippen molar-refractivity contribution in [3.8, 4) is 11.5 Å². The fourth-order valence-electron chi connectivity index (χ4n) is 1.16. The molecule has 1 aromatic rings. The normalized spacial score (nSPS) is 9.62. The Morgan fingerprint density at radius 3 is 2.62 bits per heavy atom. The van der Waals surface area contributed by atoms with E-state index in [1.807, 2.05) is 0 Å². The van der Waals surface area contributed by atoms with Crippen molar-refractivity contribution in [3.05, 3.63) is 48.6 Å². The van der Waals surface area contributed by atoms with Crippen LogP contribution < -0.4 is 9.47 Å². The van der Waals surface area contributed by atoms with E-state index in [0.29, 0.717) is 18.1 Å². The molecule has 0 saturated heterocycles. The number of hydrogen-bond acceptors (Lipinski definition) is 3. The molecule has 86 valence electrons. The summed E-state index contributed by atoms with van der Waals surface area (Å²) in [6.45, 7) is 7.68. The summed E-state index contributed by atoms with van der Waals surface area (Å²) in [5, 5.41) is 9.06. The van der Waals surface area contributed by atoms with E-state index in [0.717, 1.165) is 11.1 Å². The van der Waals surface area contributed by atoms with E-state index >= 15 is 0 Å². The Balaban J connectivity index is 2.78. The predicted molar refractivity (Wildman–Crippen MR) is 63.7 cm³/mol. The molecule has 0 heterocycles. The van der Waals surface area contributed by atoms with Crippen LogP contribution in [0.1, 0.15) is 5.56 Å². The van der Waals surface area contributed by atoms with Gasteiger partial charge in [-0.15, -0.1) is 0 Å². The standard InChI is InChI=1S/C13H16O3/c1-4-10(2)9-16-13-6-11(8-14)5-12(7-13)15-3/h4-7,14H,1-2,8-9H2,3H3. The molecule has 1 aromatic carbocycles. The summed E-state index contributed by atoms with van der Waals surface area (Å²) in [5.41, 5.74) is 1.55. The Kier molecular flexibility index (Phi) is 4.61. The van der Waals surface area contributed by atoms with Crippen molar-refractivity contribution in [1.29, 1.82) is 0 Å². The fourth-order valence-corrected chi connectivity index (χ4v) is 1.16. The maximum atomic E-state index is 9.06. The molecule has 0 atom stereocenters. The van der Waals surface area contributed by atoms with E-state index < -0.39 is 0 Å². The maximum Gasteiger partial charge on any atom is 0.123 e. The third-order valence-corrected chi connectivity index (χ3v) is 2.07. The van der Waals surface area contributed by atoms with Crippen LogP contribution in [0.2, 0.25) is 0 Å². The number of methoxy groups -OCH3 is 1. The second-order valence-electron chi connectivity index (χ2n) is 3.33. The Hall–Kier alpha value is -1.74. The maximum absolute atomic E-state index is 9.06. The second kappa shape index (κ2) is 5.98. The molecular formula is C13H16O3. The molecule has 0 radical (unpaired) electrons. The van der Waals surface area contributed by atoms with Gasteiger partial charge in [-0.1, -0.05) is 19.2 Å². The van der Waals surface area contributed by atoms with Crippen molar-refractivity contribution in [2.45, 2.75) is 6.61 Å². The van der Waals surface area contributed by atoms with Gasteiger partial charge in [-0.2, -0.15) is 0 Å². The molecule has 3 nitrogen and oxygen atoms in total. The first-order chi connectivity index (χ1) is 7.69. The number of benzene rings is 1. The quantitative estimate of drug-likeness (QED) is 0.748. The van der Waals surface area contributed by atoms with Crippen LogP contribution in [0.25, 0.3) is 0 Å². The number of aliphatic hydroxyl groups is 1. The number of aliphatic hydroxyl groups excluding tert-OH is 1. The van der Waals surface area contributed by atoms with Crippen LogP contribution in [0.15, 0.2) is 43.0 Å². The highest BCUT2D eigenvalue weighted by molar-refractivity contribution is 5.38. The van der Waals surface area contributed by atoms with Gasteiger partial charge in [0.2, 0.25) is 0 Å². The summed E-state index contributed by atoms with van der Waals surface area (Å²) in [6.07, 6.45) is 1.65. The van der Waals surface area contributed by atoms with Crippen molar-refractivity contribution >= 4 is 0 Å². The fraction of sp³-hybridized carbons (Fsp3) is 0.231. The SMILES string of the molecule is C=CC(=C)COc1cc(CO)cc(OC)c1. The van der Waals surface area contributed by atoms with Crippen LogP contribution in [0, 0.1) is 0 Å². The summed E-state index contributed by atoms with van der Waals surface area (Å²) in [7, 11) is 1.57. The Bertz CT molecular complexity index is 361. The first-order valence-electron chi connectivity index (χ1n) is 4.91. The van der Waals surface area contributed by atoms with Gasteiger partial charge in [0, 0.05) is 6.07 Å². The average Bonchev–Trinajstić information content (AvgIpc) is 2.35. The van der Waals surface area contributed by atoms with Gasteiger partial charge in [0.25, 0.3) is 0 Å². The zero-order valence-electron chi connectivity index (χ0n) is 9.40. The van der Waals surface area contributed by atoms with Crippen molar-refractivity contribution in [2.75, 3.05) is 13.7 Å². The van der Waals surface area contributed by atoms with E-state index in [2.05, 4.69) is 13.2 Å². The Labute approximate surface area is 95.6 Å². The van der Waals surface area contributed by atoms with Gasteiger partial charge in [0.05, 0.1) is 13.7 Å². The van der Waals surface area contributed by atoms with Gasteiger partial charge >= 0.3 is 0 Å². The molecule has 1 N–H and O–H groups in total. The van der Waals surface area contributed by atoms with E-state index in [-0.39, 0.29) is 6.61 Å². The van der Waals surface area contributed by atoms with E-state index in [1.165, 1.54) is 0 Å². The molecular weight excluding hydrogens is 204 g/mol. The molecule has 16 heavy (non-hydrogen) atoms. The zero-order chi connectivity index (χ0) is 12.0. The largest absolute Gasteiger partial charge is 0.497 e. The Morgan fingerprint density at radius 2 is 2.06 bits per heavy atom. The van der Waals surface area contributed by atoms with Crippen LogP contribution in [0.3, 0.4) is 0 Å². The van der Waals surface area contributed by atoms with E-state index in [4.69, 9.17) is 14.6 Å². The van der Waals surface area contributed by atoms with Crippen LogP contribution in [0.4, 0.5) is 0 Å². The molecule has 1 rings (SSSR count). The first kappa shape index (κ1) is 12.3. The number of ether oxygens (including phenoxy) is 2. The monoisotopic (exact) mass is 220 g/mol. The molecule has 0 fully saturated rings. The average molecular weight is 220 g/mol. The minimum absolute atomic E-state index is 0.0457. The smallest absolute Gasteiger partial charge is 0.123 e. The third-order valence-electron chi connectivity index (χ3n) is 2.07. The van der Waals surface area contributed by atoms with Crippen LogP contribution in [-0.2, 0) is 6.61 Å². The topological polar surface area (TPSA) is 38.7 Å².